The van der Waals surface area contributed by atoms with Gasteiger partial charge in [0, 0.05) is 0 Å². The van der Waals surface area contributed by atoms with Crippen molar-refractivity contribution in [3.8, 4) is 0 Å². The number of hydrogen-bond acceptors (Lipinski definition) is 6. The molecule has 0 rings (SSSR count). The molecule has 0 atom stereocenters. The summed E-state index contributed by atoms with van der Waals surface area (Å²) >= 11 is -3.39. The minimum absolute atomic E-state index is 0.123. The average Bonchev–Trinajstić information content (AvgIpc) is 2.40. The standard InChI is InChI=1S/C18H44IO5SSi3/c1-13-18(2,3)17(20)21-15-14-16-25-19(22-26(4,5)6,23-27(7,8)9)24-28(10,11)12/h13-16H2,1-12H3/q-1. The van der Waals surface area contributed by atoms with Crippen molar-refractivity contribution in [3.63, 3.8) is 0 Å². The molecule has 0 N–H and O–H groups in total. The Kier molecular flexibility index (Phi) is 11.5. The summed E-state index contributed by atoms with van der Waals surface area (Å²) in [5, 5.41) is 0. The Morgan fingerprint density at radius 3 is 1.57 bits per heavy atom. The van der Waals surface area contributed by atoms with Crippen LogP contribution in [0.1, 0.15) is 33.6 Å². The first kappa shape index (κ1) is 29.1. The number of esters is 1. The Morgan fingerprint density at radius 1 is 0.857 bits per heavy atom. The van der Waals surface area contributed by atoms with E-state index in [1.807, 2.05) is 20.8 Å². The van der Waals surface area contributed by atoms with Crippen molar-refractivity contribution >= 4 is 39.9 Å². The third kappa shape index (κ3) is 13.4. The number of halogens is 1. The second kappa shape index (κ2) is 11.1. The van der Waals surface area contributed by atoms with E-state index in [0.29, 0.717) is 6.61 Å². The Hall–Kier alpha value is 1.08. The van der Waals surface area contributed by atoms with E-state index in [-0.39, 0.29) is 5.97 Å². The first-order chi connectivity index (χ1) is 12.3. The van der Waals surface area contributed by atoms with Gasteiger partial charge >= 0.3 is 186 Å². The minimum atomic E-state index is -3.39. The quantitative estimate of drug-likeness (QED) is 0.143. The Morgan fingerprint density at radius 2 is 1.25 bits per heavy atom. The van der Waals surface area contributed by atoms with Gasteiger partial charge in [0.05, 0.1) is 0 Å². The fourth-order valence-corrected chi connectivity index (χ4v) is 39.1. The molecule has 5 nitrogen and oxygen atoms in total. The first-order valence-electron chi connectivity index (χ1n) is 10.0. The van der Waals surface area contributed by atoms with Crippen LogP contribution in [0, 0.1) is 5.41 Å². The second-order valence-corrected chi connectivity index (χ2v) is 34.8. The topological polar surface area (TPSA) is 54.0 Å². The Balaban J connectivity index is 5.12. The Bertz CT molecular complexity index is 458. The molecule has 0 amide bonds. The van der Waals surface area contributed by atoms with Gasteiger partial charge in [0.2, 0.25) is 0 Å². The van der Waals surface area contributed by atoms with E-state index in [2.05, 4.69) is 58.9 Å². The molecule has 28 heavy (non-hydrogen) atoms. The van der Waals surface area contributed by atoms with E-state index >= 15 is 0 Å². The van der Waals surface area contributed by atoms with Crippen LogP contribution in [-0.2, 0) is 17.8 Å². The zero-order valence-electron chi connectivity index (χ0n) is 20.2. The predicted molar refractivity (Wildman–Crippen MR) is 125 cm³/mol. The molecule has 0 aliphatic heterocycles. The molecule has 0 bridgehead atoms. The summed E-state index contributed by atoms with van der Waals surface area (Å²) in [7, 11) is -3.78. The van der Waals surface area contributed by atoms with Crippen molar-refractivity contribution in [2.75, 3.05) is 12.4 Å². The van der Waals surface area contributed by atoms with E-state index in [1.54, 1.807) is 8.93 Å². The SMILES string of the molecule is CCC(C)(C)C(=O)OCCCS[I-](O[Si](C)(C)C)(O[Si](C)(C)C)O[Si](C)(C)C. The summed E-state index contributed by atoms with van der Waals surface area (Å²) in [6.07, 6.45) is 1.55. The van der Waals surface area contributed by atoms with Gasteiger partial charge in [0.25, 0.3) is 0 Å². The van der Waals surface area contributed by atoms with E-state index in [0.717, 1.165) is 18.6 Å². The van der Waals surface area contributed by atoms with Crippen LogP contribution in [0.15, 0.2) is 0 Å². The van der Waals surface area contributed by atoms with Crippen LogP contribution in [0.3, 0.4) is 0 Å². The van der Waals surface area contributed by atoms with Crippen LogP contribution in [0.4, 0.5) is 0 Å². The van der Waals surface area contributed by atoms with E-state index < -0.39 is 48.7 Å². The maximum absolute atomic E-state index is 12.1. The number of carbonyl (C=O) groups is 1. The van der Waals surface area contributed by atoms with Crippen molar-refractivity contribution in [1.82, 2.24) is 0 Å². The predicted octanol–water partition coefficient (Wildman–Crippen LogP) is 3.46. The van der Waals surface area contributed by atoms with Gasteiger partial charge in [-0.2, -0.15) is 0 Å². The van der Waals surface area contributed by atoms with Crippen LogP contribution < -0.4 is 18.3 Å². The van der Waals surface area contributed by atoms with Gasteiger partial charge < -0.3 is 0 Å². The molecule has 0 fully saturated rings. The van der Waals surface area contributed by atoms with E-state index in [4.69, 9.17) is 13.0 Å². The van der Waals surface area contributed by atoms with E-state index in [1.165, 1.54) is 0 Å². The average molecular weight is 584 g/mol. The van der Waals surface area contributed by atoms with Crippen molar-refractivity contribution in [2.45, 2.75) is 92.5 Å². The molecular formula is C18H44IO5SSi3-. The molecular weight excluding hydrogens is 539 g/mol. The molecule has 172 valence electrons. The van der Waals surface area contributed by atoms with Crippen molar-refractivity contribution in [1.29, 1.82) is 0 Å². The van der Waals surface area contributed by atoms with Crippen molar-refractivity contribution < 1.29 is 36.1 Å². The summed E-state index contributed by atoms with van der Waals surface area (Å²) in [6.45, 7) is 26.1. The van der Waals surface area contributed by atoms with Crippen LogP contribution in [0.5, 0.6) is 0 Å². The number of rotatable bonds is 13. The first-order valence-corrected chi connectivity index (χ1v) is 26.4. The molecule has 0 saturated heterocycles. The normalized spacial score (nSPS) is 14.9. The zero-order chi connectivity index (χ0) is 22.4. The zero-order valence-corrected chi connectivity index (χ0v) is 26.1. The van der Waals surface area contributed by atoms with Crippen molar-refractivity contribution in [2.24, 2.45) is 5.41 Å². The second-order valence-electron chi connectivity index (χ2n) is 10.5. The van der Waals surface area contributed by atoms with Crippen LogP contribution >= 0.6 is 8.93 Å². The maximum atomic E-state index is 12.1. The molecule has 0 radical (unpaired) electrons. The van der Waals surface area contributed by atoms with Gasteiger partial charge in [-0.05, 0) is 0 Å². The summed E-state index contributed by atoms with van der Waals surface area (Å²) in [5.74, 6) is 0.692. The summed E-state index contributed by atoms with van der Waals surface area (Å²) in [6, 6.07) is 0. The molecule has 0 aromatic carbocycles. The molecule has 0 heterocycles. The van der Waals surface area contributed by atoms with Gasteiger partial charge in [-0.15, -0.1) is 0 Å². The molecule has 0 aliphatic rings. The molecule has 0 aromatic rings. The number of hydrogen-bond donors (Lipinski definition) is 0. The molecule has 10 heteroatoms. The molecule has 0 unspecified atom stereocenters. The monoisotopic (exact) mass is 583 g/mol. The fraction of sp³-hybridized carbons (Fsp3) is 0.944. The third-order valence-corrected chi connectivity index (χ3v) is 30.0. The number of ether oxygens (including phenoxy) is 1. The number of carbonyl (C=O) groups excluding carboxylic acids is 1. The summed E-state index contributed by atoms with van der Waals surface area (Å²) in [5.41, 5.74) is -0.420. The summed E-state index contributed by atoms with van der Waals surface area (Å²) < 4.78 is 25.5. The third-order valence-electron chi connectivity index (χ3n) is 3.15. The van der Waals surface area contributed by atoms with Gasteiger partial charge in [0.15, 0.2) is 0 Å². The fourth-order valence-electron chi connectivity index (χ4n) is 1.68. The van der Waals surface area contributed by atoms with E-state index in [9.17, 15) is 4.79 Å². The molecule has 0 saturated carbocycles. The molecule has 0 spiro atoms. The van der Waals surface area contributed by atoms with Crippen LogP contribution in [0.2, 0.25) is 58.9 Å². The van der Waals surface area contributed by atoms with Crippen LogP contribution in [-0.4, -0.2) is 43.3 Å². The van der Waals surface area contributed by atoms with Gasteiger partial charge in [-0.3, -0.25) is 0 Å². The van der Waals surface area contributed by atoms with Gasteiger partial charge in [-0.25, -0.2) is 0 Å². The van der Waals surface area contributed by atoms with Gasteiger partial charge in [-0.1, -0.05) is 0 Å². The molecule has 0 aliphatic carbocycles. The Labute approximate surface area is 185 Å². The molecule has 0 aromatic heterocycles. The van der Waals surface area contributed by atoms with Crippen LogP contribution in [0.25, 0.3) is 0 Å². The van der Waals surface area contributed by atoms with Gasteiger partial charge in [0.1, 0.15) is 0 Å². The van der Waals surface area contributed by atoms with Crippen molar-refractivity contribution in [3.05, 3.63) is 0 Å². The summed E-state index contributed by atoms with van der Waals surface area (Å²) in [4.78, 5) is 12.1.